The third-order valence-corrected chi connectivity index (χ3v) is 5.08. The maximum atomic E-state index is 12.6. The number of nitrogens with zero attached hydrogens (tertiary/aromatic N) is 2. The van der Waals surface area contributed by atoms with Gasteiger partial charge in [0.05, 0.1) is 0 Å². The van der Waals surface area contributed by atoms with E-state index in [0.717, 1.165) is 38.3 Å². The minimum Gasteiger partial charge on any atom is -0.375 e. The Hall–Kier alpha value is -1.55. The second-order valence-corrected chi connectivity index (χ2v) is 6.71. The molecule has 1 aromatic rings. The van der Waals surface area contributed by atoms with Crippen LogP contribution in [0.1, 0.15) is 30.1 Å². The summed E-state index contributed by atoms with van der Waals surface area (Å²) in [5, 5.41) is 3.42. The molecule has 2 atom stereocenters. The molecule has 120 valence electrons. The lowest BCUT2D eigenvalue weighted by Gasteiger charge is -2.20. The molecular formula is C18H27N3O. The molecule has 1 N–H and O–H groups in total. The van der Waals surface area contributed by atoms with Gasteiger partial charge in [0.1, 0.15) is 0 Å². The van der Waals surface area contributed by atoms with E-state index in [4.69, 9.17) is 0 Å². The number of unbranched alkanes of at least 4 members (excludes halogenated alkanes) is 1. The maximum Gasteiger partial charge on any atom is 0.253 e. The molecule has 1 amide bonds. The van der Waals surface area contributed by atoms with Crippen LogP contribution in [-0.2, 0) is 0 Å². The third-order valence-electron chi connectivity index (χ3n) is 5.08. The number of anilines is 1. The summed E-state index contributed by atoms with van der Waals surface area (Å²) in [5.41, 5.74) is 2.01. The summed E-state index contributed by atoms with van der Waals surface area (Å²) in [7, 11) is 2.11. The van der Waals surface area contributed by atoms with Crippen LogP contribution in [0.4, 0.5) is 5.69 Å². The van der Waals surface area contributed by atoms with Crippen LogP contribution in [0.2, 0.25) is 0 Å². The van der Waals surface area contributed by atoms with Crippen molar-refractivity contribution >= 4 is 11.6 Å². The van der Waals surface area contributed by atoms with Gasteiger partial charge in [0, 0.05) is 51.0 Å². The van der Waals surface area contributed by atoms with Crippen molar-refractivity contribution < 1.29 is 4.79 Å². The number of likely N-dealkylation sites (tertiary alicyclic amines) is 1. The van der Waals surface area contributed by atoms with Crippen molar-refractivity contribution in [2.75, 3.05) is 44.7 Å². The first-order chi connectivity index (χ1) is 10.7. The molecule has 1 aromatic carbocycles. The number of hydrogen-bond acceptors (Lipinski definition) is 3. The van der Waals surface area contributed by atoms with E-state index >= 15 is 0 Å². The van der Waals surface area contributed by atoms with Crippen LogP contribution >= 0.6 is 0 Å². The predicted octanol–water partition coefficient (Wildman–Crippen LogP) is 2.21. The molecule has 2 saturated heterocycles. The molecule has 2 heterocycles. The second-order valence-electron chi connectivity index (χ2n) is 6.71. The number of rotatable bonds is 5. The van der Waals surface area contributed by atoms with Crippen molar-refractivity contribution in [2.45, 2.75) is 19.8 Å². The predicted molar refractivity (Wildman–Crippen MR) is 90.4 cm³/mol. The normalized spacial score (nSPS) is 23.6. The largest absolute Gasteiger partial charge is 0.375 e. The van der Waals surface area contributed by atoms with Gasteiger partial charge < -0.3 is 15.1 Å². The first kappa shape index (κ1) is 15.3. The minimum atomic E-state index is 0.192. The maximum absolute atomic E-state index is 12.6. The van der Waals surface area contributed by atoms with Gasteiger partial charge in [0.15, 0.2) is 0 Å². The number of carbonyl (C=O) groups is 1. The van der Waals surface area contributed by atoms with E-state index in [2.05, 4.69) is 36.3 Å². The number of fused-ring (bicyclic) bond motifs is 1. The standard InChI is InChI=1S/C18H27N3O/c1-3-4-9-20(2)17-7-5-14(6-8-17)18(22)21-12-15-10-19-11-16(15)13-21/h5-8,15-16,19H,3-4,9-13H2,1-2H3/t15-,16+. The van der Waals surface area contributed by atoms with Crippen molar-refractivity contribution in [2.24, 2.45) is 11.8 Å². The molecular weight excluding hydrogens is 274 g/mol. The van der Waals surface area contributed by atoms with Crippen molar-refractivity contribution in [3.63, 3.8) is 0 Å². The molecule has 22 heavy (non-hydrogen) atoms. The SMILES string of the molecule is CCCCN(C)c1ccc(C(=O)N2C[C@H]3CNC[C@H]3C2)cc1. The highest BCUT2D eigenvalue weighted by molar-refractivity contribution is 5.94. The number of benzene rings is 1. The Bertz CT molecular complexity index is 502. The average Bonchev–Trinajstić information content (AvgIpc) is 3.13. The van der Waals surface area contributed by atoms with E-state index in [1.54, 1.807) is 0 Å². The number of hydrogen-bond donors (Lipinski definition) is 1. The molecule has 0 radical (unpaired) electrons. The summed E-state index contributed by atoms with van der Waals surface area (Å²) in [5.74, 6) is 1.50. The molecule has 2 aliphatic heterocycles. The highest BCUT2D eigenvalue weighted by atomic mass is 16.2. The summed E-state index contributed by atoms with van der Waals surface area (Å²) in [4.78, 5) is 16.9. The van der Waals surface area contributed by atoms with E-state index in [0.29, 0.717) is 11.8 Å². The van der Waals surface area contributed by atoms with Gasteiger partial charge in [-0.2, -0.15) is 0 Å². The molecule has 0 unspecified atom stereocenters. The molecule has 0 aliphatic carbocycles. The molecule has 4 nitrogen and oxygen atoms in total. The van der Waals surface area contributed by atoms with Gasteiger partial charge in [-0.25, -0.2) is 0 Å². The van der Waals surface area contributed by atoms with Crippen LogP contribution in [0.15, 0.2) is 24.3 Å². The number of amides is 1. The van der Waals surface area contributed by atoms with Crippen molar-refractivity contribution in [1.29, 1.82) is 0 Å². The quantitative estimate of drug-likeness (QED) is 0.906. The van der Waals surface area contributed by atoms with Crippen LogP contribution in [-0.4, -0.2) is 50.6 Å². The van der Waals surface area contributed by atoms with Crippen LogP contribution in [0.5, 0.6) is 0 Å². The summed E-state index contributed by atoms with van der Waals surface area (Å²) in [6.45, 7) is 7.22. The Labute approximate surface area is 133 Å². The Kier molecular flexibility index (Phi) is 4.67. The zero-order chi connectivity index (χ0) is 15.5. The van der Waals surface area contributed by atoms with Gasteiger partial charge in [0.25, 0.3) is 5.91 Å². The van der Waals surface area contributed by atoms with E-state index < -0.39 is 0 Å². The fraction of sp³-hybridized carbons (Fsp3) is 0.611. The summed E-state index contributed by atoms with van der Waals surface area (Å²) < 4.78 is 0. The zero-order valence-electron chi connectivity index (χ0n) is 13.7. The van der Waals surface area contributed by atoms with E-state index in [1.165, 1.54) is 18.5 Å². The number of nitrogens with one attached hydrogen (secondary N) is 1. The molecule has 2 aliphatic rings. The smallest absolute Gasteiger partial charge is 0.253 e. The molecule has 0 bridgehead atoms. The van der Waals surface area contributed by atoms with Crippen LogP contribution in [0, 0.1) is 11.8 Å². The monoisotopic (exact) mass is 301 g/mol. The molecule has 4 heteroatoms. The van der Waals surface area contributed by atoms with Crippen molar-refractivity contribution in [3.05, 3.63) is 29.8 Å². The fourth-order valence-electron chi connectivity index (χ4n) is 3.59. The lowest BCUT2D eigenvalue weighted by molar-refractivity contribution is 0.0781. The molecule has 0 spiro atoms. The van der Waals surface area contributed by atoms with Crippen LogP contribution < -0.4 is 10.2 Å². The van der Waals surface area contributed by atoms with Gasteiger partial charge in [-0.3, -0.25) is 4.79 Å². The lowest BCUT2D eigenvalue weighted by atomic mass is 10.0. The van der Waals surface area contributed by atoms with Crippen LogP contribution in [0.3, 0.4) is 0 Å². The molecule has 3 rings (SSSR count). The van der Waals surface area contributed by atoms with Gasteiger partial charge in [-0.05, 0) is 42.5 Å². The Morgan fingerprint density at radius 3 is 2.45 bits per heavy atom. The first-order valence-corrected chi connectivity index (χ1v) is 8.50. The average molecular weight is 301 g/mol. The van der Waals surface area contributed by atoms with E-state index in [-0.39, 0.29) is 5.91 Å². The lowest BCUT2D eigenvalue weighted by Crippen LogP contribution is -2.31. The van der Waals surface area contributed by atoms with Gasteiger partial charge in [-0.1, -0.05) is 13.3 Å². The van der Waals surface area contributed by atoms with E-state index in [1.807, 2.05) is 17.0 Å². The second kappa shape index (κ2) is 6.69. The van der Waals surface area contributed by atoms with Crippen molar-refractivity contribution in [3.8, 4) is 0 Å². The highest BCUT2D eigenvalue weighted by Crippen LogP contribution is 2.27. The highest BCUT2D eigenvalue weighted by Gasteiger charge is 2.38. The van der Waals surface area contributed by atoms with Crippen LogP contribution in [0.25, 0.3) is 0 Å². The van der Waals surface area contributed by atoms with E-state index in [9.17, 15) is 4.79 Å². The zero-order valence-corrected chi connectivity index (χ0v) is 13.7. The fourth-order valence-corrected chi connectivity index (χ4v) is 3.59. The Morgan fingerprint density at radius 2 is 1.86 bits per heavy atom. The van der Waals surface area contributed by atoms with Crippen molar-refractivity contribution in [1.82, 2.24) is 10.2 Å². The Morgan fingerprint density at radius 1 is 1.23 bits per heavy atom. The first-order valence-electron chi connectivity index (χ1n) is 8.50. The van der Waals surface area contributed by atoms with Gasteiger partial charge in [0.2, 0.25) is 0 Å². The summed E-state index contributed by atoms with van der Waals surface area (Å²) in [6, 6.07) is 8.10. The summed E-state index contributed by atoms with van der Waals surface area (Å²) in [6.07, 6.45) is 2.40. The molecule has 0 aromatic heterocycles. The topological polar surface area (TPSA) is 35.6 Å². The molecule has 0 saturated carbocycles. The van der Waals surface area contributed by atoms with Gasteiger partial charge >= 0.3 is 0 Å². The molecule has 2 fully saturated rings. The summed E-state index contributed by atoms with van der Waals surface area (Å²) >= 11 is 0. The third kappa shape index (κ3) is 3.12. The minimum absolute atomic E-state index is 0.192. The number of carbonyl (C=O) groups excluding carboxylic acids is 1. The van der Waals surface area contributed by atoms with Gasteiger partial charge in [-0.15, -0.1) is 0 Å². The Balaban J connectivity index is 1.61.